The number of amides is 1. The van der Waals surface area contributed by atoms with Crippen molar-refractivity contribution in [3.05, 3.63) is 36.0 Å². The molecule has 2 bridgehead atoms. The second kappa shape index (κ2) is 26.4. The van der Waals surface area contributed by atoms with Gasteiger partial charge < -0.3 is 53.6 Å². The number of nitrogens with one attached hydrogen (secondary N) is 1. The second-order valence-corrected chi connectivity index (χ2v) is 22.8. The summed E-state index contributed by atoms with van der Waals surface area (Å²) in [5, 5.41) is 64.2. The molecular weight excluding hydrogens is 971 g/mol. The number of cyclic esters (lactones) is 1. The number of likely N-dealkylation sites (N-methyl/N-ethyl adjacent to an activating group) is 1. The number of fused-ring (bicyclic) bond motifs is 2. The van der Waals surface area contributed by atoms with E-state index in [0.717, 1.165) is 68.3 Å². The Bertz CT molecular complexity index is 2150. The summed E-state index contributed by atoms with van der Waals surface area (Å²) < 4.78 is 46.9. The van der Waals surface area contributed by atoms with Crippen molar-refractivity contribution in [2.75, 3.05) is 20.8 Å². The third kappa shape index (κ3) is 14.6. The maximum atomic E-state index is 14.5. The predicted octanol–water partition coefficient (Wildman–Crippen LogP) is 5.26. The van der Waals surface area contributed by atoms with Crippen LogP contribution in [0.1, 0.15) is 145 Å². The van der Waals surface area contributed by atoms with Gasteiger partial charge in [-0.25, -0.2) is 5.48 Å². The Morgan fingerprint density at radius 1 is 0.907 bits per heavy atom. The fraction of sp³-hybridized carbons (Fsp3) is 0.800. The van der Waals surface area contributed by atoms with E-state index in [-0.39, 0.29) is 43.7 Å². The molecule has 75 heavy (non-hydrogen) atoms. The van der Waals surface area contributed by atoms with Crippen LogP contribution in [0.4, 0.5) is 0 Å². The van der Waals surface area contributed by atoms with Gasteiger partial charge in [0.15, 0.2) is 12.6 Å². The smallest absolute Gasteiger partial charge is 0.311 e. The van der Waals surface area contributed by atoms with Crippen molar-refractivity contribution in [3.63, 3.8) is 0 Å². The van der Waals surface area contributed by atoms with Crippen LogP contribution in [0.2, 0.25) is 0 Å². The zero-order valence-corrected chi connectivity index (χ0v) is 46.3. The quantitative estimate of drug-likeness (QED) is 0.0428. The number of Topliss-reactive ketones (excluding diaryl/α,β-unsaturated/α-hetero) is 1. The molecule has 2 aromatic rings. The number of nitrogens with zero attached hydrogens (tertiary/aromatic N) is 4. The SMILES string of the molecule is CC[C@H]1OC(=O)[C@H](C)[C@@H](O[C@H]2C[C@@](C)(OC)[C@@H](O)[C@H](C)O2)[C@H](C)[C@@H](O[C@@H]2O[C@H](C)C[C@H](N(C)Cc3ccc(-c4cn(CCCCCCCCCC(=O)NO)nn4)cc3)[C@H]2O)[C@@]2(C)C[C@@H](CO2)C(=O)[C@H](C)[C@@H](O)[C@]1(C)O. The molecule has 0 saturated carbocycles. The number of aliphatic hydroxyl groups excluding tert-OH is 3. The molecule has 0 unspecified atom stereocenters. The zero-order valence-electron chi connectivity index (χ0n) is 46.3. The topological polar surface area (TPSA) is 263 Å². The Balaban J connectivity index is 1.18. The lowest BCUT2D eigenvalue weighted by atomic mass is 9.75. The van der Waals surface area contributed by atoms with Crippen molar-refractivity contribution in [1.29, 1.82) is 0 Å². The maximum absolute atomic E-state index is 14.5. The van der Waals surface area contributed by atoms with Crippen molar-refractivity contribution in [2.45, 2.75) is 237 Å². The summed E-state index contributed by atoms with van der Waals surface area (Å²) in [6, 6.07) is 7.70. The number of hydrogen-bond donors (Lipinski definition) is 6. The van der Waals surface area contributed by atoms with Crippen molar-refractivity contribution in [3.8, 4) is 11.3 Å². The predicted molar refractivity (Wildman–Crippen MR) is 274 cm³/mol. The van der Waals surface area contributed by atoms with E-state index in [4.69, 9.17) is 38.4 Å². The number of rotatable bonds is 20. The number of carbonyl (C=O) groups excluding carboxylic acids is 3. The highest BCUT2D eigenvalue weighted by molar-refractivity contribution is 5.84. The van der Waals surface area contributed by atoms with Crippen LogP contribution in [0.3, 0.4) is 0 Å². The third-order valence-electron chi connectivity index (χ3n) is 16.8. The fourth-order valence-electron chi connectivity index (χ4n) is 11.9. The summed E-state index contributed by atoms with van der Waals surface area (Å²) >= 11 is 0. The van der Waals surface area contributed by atoms with Gasteiger partial charge in [0, 0.05) is 62.4 Å². The number of esters is 1. The minimum atomic E-state index is -1.99. The first-order chi connectivity index (χ1) is 35.5. The first-order valence-corrected chi connectivity index (χ1v) is 27.4. The van der Waals surface area contributed by atoms with Gasteiger partial charge in [0.1, 0.15) is 35.4 Å². The van der Waals surface area contributed by atoms with E-state index in [0.29, 0.717) is 19.4 Å². The number of ether oxygens (including phenoxy) is 7. The van der Waals surface area contributed by atoms with Gasteiger partial charge in [-0.2, -0.15) is 0 Å². The van der Waals surface area contributed by atoms with E-state index in [9.17, 15) is 34.8 Å². The van der Waals surface area contributed by atoms with E-state index < -0.39 is 108 Å². The zero-order chi connectivity index (χ0) is 55.0. The van der Waals surface area contributed by atoms with Gasteiger partial charge in [0.25, 0.3) is 0 Å². The van der Waals surface area contributed by atoms with Gasteiger partial charge >= 0.3 is 5.97 Å². The molecule has 0 aliphatic carbocycles. The van der Waals surface area contributed by atoms with E-state index in [1.165, 1.54) is 14.0 Å². The number of aromatic nitrogens is 3. The minimum Gasteiger partial charge on any atom is -0.459 e. The standard InChI is InChI=1S/C55H89N5O15/c1-12-42-55(9,67)48(64)33(3)45(62)39-27-54(8,70-31-39)50(34(4)47(35(5)51(66)73-42)74-44-28-53(7,69-11)49(65)36(6)72-44)75-52-46(63)41(26-32(2)71-52)59(10)29-37-21-23-38(24-22-37)40-30-60(58-56-40)25-19-17-15-13-14-16-18-20-43(61)57-68/h21-24,30,32-36,39,41-42,44,46-50,52,63-65,67-68H,12-20,25-29,31H2,1-11H3,(H,57,61)/t32-,33+,34+,35-,36+,39+,41+,42-,44+,46-,47+,48-,49+,50-,52+,53-,54-,55-/m1/s1. The summed E-state index contributed by atoms with van der Waals surface area (Å²) in [5.74, 6) is -4.91. The molecule has 4 aliphatic rings. The molecule has 1 amide bonds. The highest BCUT2D eigenvalue weighted by Crippen LogP contribution is 2.45. The Labute approximate surface area is 443 Å². The molecule has 4 fully saturated rings. The molecule has 0 radical (unpaired) electrons. The highest BCUT2D eigenvalue weighted by atomic mass is 16.7. The normalized spacial score (nSPS) is 38.1. The maximum Gasteiger partial charge on any atom is 0.311 e. The monoisotopic (exact) mass is 1060 g/mol. The molecule has 6 rings (SSSR count). The summed E-state index contributed by atoms with van der Waals surface area (Å²) in [7, 11) is 3.46. The number of benzene rings is 1. The Kier molecular flexibility index (Phi) is 21.4. The molecule has 1 aromatic heterocycles. The molecule has 0 spiro atoms. The van der Waals surface area contributed by atoms with Crippen LogP contribution in [-0.2, 0) is 60.6 Å². The fourth-order valence-corrected chi connectivity index (χ4v) is 11.9. The van der Waals surface area contributed by atoms with Gasteiger partial charge in [0.2, 0.25) is 5.91 Å². The molecule has 6 N–H and O–H groups in total. The molecule has 20 heteroatoms. The number of methoxy groups -OCH3 is 1. The van der Waals surface area contributed by atoms with Gasteiger partial charge in [-0.05, 0) is 86.3 Å². The van der Waals surface area contributed by atoms with Crippen LogP contribution in [-0.4, -0.2) is 168 Å². The van der Waals surface area contributed by atoms with Crippen LogP contribution >= 0.6 is 0 Å². The molecular formula is C55H89N5O15. The number of carbonyl (C=O) groups is 3. The number of aryl methyl sites for hydroxylation is 1. The van der Waals surface area contributed by atoms with Gasteiger partial charge in [-0.1, -0.05) is 82.4 Å². The van der Waals surface area contributed by atoms with E-state index >= 15 is 0 Å². The Morgan fingerprint density at radius 3 is 2.23 bits per heavy atom. The lowest BCUT2D eigenvalue weighted by molar-refractivity contribution is -0.317. The number of ketones is 1. The molecule has 20 nitrogen and oxygen atoms in total. The van der Waals surface area contributed by atoms with Crippen molar-refractivity contribution >= 4 is 17.7 Å². The number of unbranched alkanes of at least 4 members (excludes halogenated alkanes) is 6. The van der Waals surface area contributed by atoms with E-state index in [1.54, 1.807) is 40.1 Å². The van der Waals surface area contributed by atoms with Gasteiger partial charge in [-0.15, -0.1) is 5.10 Å². The van der Waals surface area contributed by atoms with Crippen LogP contribution in [0.25, 0.3) is 11.3 Å². The Hall–Kier alpha value is -3.51. The lowest BCUT2D eigenvalue weighted by Gasteiger charge is -2.49. The summed E-state index contributed by atoms with van der Waals surface area (Å²) in [6.45, 7) is 16.7. The number of aliphatic hydroxyl groups is 4. The van der Waals surface area contributed by atoms with Crippen LogP contribution < -0.4 is 5.48 Å². The van der Waals surface area contributed by atoms with Gasteiger partial charge in [0.05, 0.1) is 60.4 Å². The number of hydrogen-bond acceptors (Lipinski definition) is 18. The largest absolute Gasteiger partial charge is 0.459 e. The first kappa shape index (κ1) is 60.7. The first-order valence-electron chi connectivity index (χ1n) is 27.4. The molecule has 1 aromatic carbocycles. The average molecular weight is 1060 g/mol. The third-order valence-corrected chi connectivity index (χ3v) is 16.8. The summed E-state index contributed by atoms with van der Waals surface area (Å²) in [4.78, 5) is 42.0. The van der Waals surface area contributed by atoms with Crippen LogP contribution in [0.15, 0.2) is 30.5 Å². The van der Waals surface area contributed by atoms with Crippen molar-refractivity contribution in [2.24, 2.45) is 23.7 Å². The summed E-state index contributed by atoms with van der Waals surface area (Å²) in [6.07, 6.45) is 0.0731. The van der Waals surface area contributed by atoms with E-state index in [2.05, 4.69) is 15.2 Å². The minimum absolute atomic E-state index is 0.00474. The van der Waals surface area contributed by atoms with Crippen molar-refractivity contribution in [1.82, 2.24) is 25.4 Å². The average Bonchev–Trinajstić information content (AvgIpc) is 4.04. The van der Waals surface area contributed by atoms with Crippen molar-refractivity contribution < 1.29 is 73.2 Å². The number of hydroxylamine groups is 1. The lowest BCUT2D eigenvalue weighted by Crippen LogP contribution is -2.61. The molecule has 4 saturated heterocycles. The highest BCUT2D eigenvalue weighted by Gasteiger charge is 2.56. The molecule has 4 aliphatic heterocycles. The van der Waals surface area contributed by atoms with Crippen LogP contribution in [0, 0.1) is 23.7 Å². The van der Waals surface area contributed by atoms with E-state index in [1.807, 2.05) is 63.0 Å². The molecule has 18 atom stereocenters. The van der Waals surface area contributed by atoms with Gasteiger partial charge in [-0.3, -0.25) is 29.2 Å². The Morgan fingerprint density at radius 2 is 1.57 bits per heavy atom. The summed E-state index contributed by atoms with van der Waals surface area (Å²) in [5.41, 5.74) is 0.114. The molecule has 424 valence electrons. The second-order valence-electron chi connectivity index (χ2n) is 22.8. The molecule has 5 heterocycles. The van der Waals surface area contributed by atoms with Crippen LogP contribution in [0.5, 0.6) is 0 Å².